The number of nitrogens with one attached hydrogen (secondary N) is 8. The molecule has 0 radical (unpaired) electrons. The van der Waals surface area contributed by atoms with Crippen molar-refractivity contribution in [1.82, 2.24) is 51.0 Å². The summed E-state index contributed by atoms with van der Waals surface area (Å²) in [6.45, 7) is 15.5. The molecule has 3 aliphatic rings. The van der Waals surface area contributed by atoms with Gasteiger partial charge in [-0.2, -0.15) is 0 Å². The van der Waals surface area contributed by atoms with Gasteiger partial charge in [-0.15, -0.1) is 24.8 Å². The van der Waals surface area contributed by atoms with Crippen LogP contribution in [0.5, 0.6) is 11.5 Å². The zero-order chi connectivity index (χ0) is 55.2. The summed E-state index contributed by atoms with van der Waals surface area (Å²) in [7, 11) is 6.40. The Kier molecular flexibility index (Phi) is 21.3. The van der Waals surface area contributed by atoms with Crippen molar-refractivity contribution < 1.29 is 38.2 Å². The number of halogens is 2. The summed E-state index contributed by atoms with van der Waals surface area (Å²) in [5.41, 5.74) is 0.823. The molecule has 2 aromatic heterocycles. The molecule has 2 aliphatic heterocycles. The van der Waals surface area contributed by atoms with Crippen molar-refractivity contribution in [3.63, 3.8) is 0 Å². The smallest absolute Gasteiger partial charge is 0.247 e. The Morgan fingerprint density at radius 1 is 0.564 bits per heavy atom. The maximum Gasteiger partial charge on any atom is 0.247 e. The van der Waals surface area contributed by atoms with Gasteiger partial charge in [-0.1, -0.05) is 41.5 Å². The van der Waals surface area contributed by atoms with E-state index in [9.17, 15) is 28.8 Å². The number of hydrogen-bond acceptors (Lipinski definition) is 16. The van der Waals surface area contributed by atoms with Crippen LogP contribution in [-0.4, -0.2) is 155 Å². The largest absolute Gasteiger partial charge is 0.494 e. The molecule has 7 rings (SSSR count). The number of nitrogens with zero attached hydrogens (tertiary/aromatic N) is 6. The van der Waals surface area contributed by atoms with Gasteiger partial charge in [-0.05, 0) is 102 Å². The standard InChI is InChI=1S/C54H78N14O8.2ClH/c1-29(55-9)47(69)65-43(53(3,4)5)51(73)67-21-13-15-39(67)49(71)63-37-23-33-35(25-41(37)75-11)57-27-59-45(33)61-31-17-19-32(20-18-31)62-46-34-24-38(42(76-12)26-36(34)58-28-60-46)64-50(72)40-16-14-22-68(40)52(74)44(54(6,7)8)66-48(70)30(2)56-10;;/h23-32,39-40,43-44,55-56H,13-22H2,1-12H3,(H,63,71)(H,64,72)(H,65,69)(H,66,70)(H,57,59,61)(H,58,60,62);2*1H/t29-,30-,31?,32?,39-,40-,43+,44+;;/m0../s1. The number of fused-ring (bicyclic) bond motifs is 2. The number of amides is 6. The third-order valence-electron chi connectivity index (χ3n) is 15.0. The minimum absolute atomic E-state index is 0. The maximum absolute atomic E-state index is 14.1. The van der Waals surface area contributed by atoms with Crippen LogP contribution in [0.2, 0.25) is 0 Å². The summed E-state index contributed by atoms with van der Waals surface area (Å²) in [5.74, 6) is 0.0670. The molecule has 78 heavy (non-hydrogen) atoms. The van der Waals surface area contributed by atoms with Gasteiger partial charge < -0.3 is 61.8 Å². The number of carbonyl (C=O) groups is 6. The first-order valence-electron chi connectivity index (χ1n) is 26.4. The van der Waals surface area contributed by atoms with Crippen LogP contribution in [-0.2, 0) is 28.8 Å². The maximum atomic E-state index is 14.1. The van der Waals surface area contributed by atoms with E-state index >= 15 is 0 Å². The van der Waals surface area contributed by atoms with Gasteiger partial charge in [0.25, 0.3) is 0 Å². The number of benzene rings is 2. The zero-order valence-corrected chi connectivity index (χ0v) is 48.6. The van der Waals surface area contributed by atoms with Crippen LogP contribution in [0.1, 0.15) is 107 Å². The molecule has 1 aliphatic carbocycles. The lowest BCUT2D eigenvalue weighted by atomic mass is 9.85. The zero-order valence-electron chi connectivity index (χ0n) is 46.9. The number of ether oxygens (including phenoxy) is 2. The summed E-state index contributed by atoms with van der Waals surface area (Å²) < 4.78 is 11.5. The molecule has 4 aromatic rings. The van der Waals surface area contributed by atoms with Crippen molar-refractivity contribution in [1.29, 1.82) is 0 Å². The molecule has 2 saturated heterocycles. The fraction of sp³-hybridized carbons (Fsp3) is 0.593. The number of hydrogen-bond donors (Lipinski definition) is 8. The monoisotopic (exact) mass is 1120 g/mol. The summed E-state index contributed by atoms with van der Waals surface area (Å²) in [6, 6.07) is 3.01. The normalized spacial score (nSPS) is 20.0. The number of rotatable bonds is 18. The fourth-order valence-electron chi connectivity index (χ4n) is 10.2. The Morgan fingerprint density at radius 3 is 1.24 bits per heavy atom. The predicted molar refractivity (Wildman–Crippen MR) is 307 cm³/mol. The first kappa shape index (κ1) is 62.5. The van der Waals surface area contributed by atoms with Gasteiger partial charge in [-0.25, -0.2) is 19.9 Å². The minimum Gasteiger partial charge on any atom is -0.494 e. The fourth-order valence-corrected chi connectivity index (χ4v) is 10.2. The van der Waals surface area contributed by atoms with Gasteiger partial charge in [-0.3, -0.25) is 28.8 Å². The van der Waals surface area contributed by atoms with E-state index in [1.807, 2.05) is 41.5 Å². The minimum atomic E-state index is -0.846. The number of methoxy groups -OCH3 is 2. The van der Waals surface area contributed by atoms with Crippen molar-refractivity contribution in [2.75, 3.05) is 62.7 Å². The first-order valence-corrected chi connectivity index (χ1v) is 26.4. The summed E-state index contributed by atoms with van der Waals surface area (Å²) in [5, 5.41) is 26.4. The highest BCUT2D eigenvalue weighted by atomic mass is 35.5. The number of anilines is 4. The van der Waals surface area contributed by atoms with Crippen molar-refractivity contribution in [2.24, 2.45) is 10.8 Å². The quantitative estimate of drug-likeness (QED) is 0.0619. The van der Waals surface area contributed by atoms with E-state index in [0.717, 1.165) is 25.7 Å². The Hall–Kier alpha value is -6.36. The lowest BCUT2D eigenvalue weighted by Gasteiger charge is -2.36. The molecule has 0 spiro atoms. The number of likely N-dealkylation sites (tertiary alicyclic amines) is 2. The third kappa shape index (κ3) is 14.3. The summed E-state index contributed by atoms with van der Waals surface area (Å²) in [4.78, 5) is 104. The van der Waals surface area contributed by atoms with Crippen molar-refractivity contribution in [2.45, 2.75) is 155 Å². The highest BCUT2D eigenvalue weighted by molar-refractivity contribution is 6.04. The van der Waals surface area contributed by atoms with Gasteiger partial charge in [0, 0.05) is 48.1 Å². The van der Waals surface area contributed by atoms with Gasteiger partial charge >= 0.3 is 0 Å². The second-order valence-electron chi connectivity index (χ2n) is 22.4. The van der Waals surface area contributed by atoms with Crippen LogP contribution >= 0.6 is 24.8 Å². The van der Waals surface area contributed by atoms with E-state index in [-0.39, 0.29) is 72.3 Å². The molecular formula is C54H80Cl2N14O8. The summed E-state index contributed by atoms with van der Waals surface area (Å²) >= 11 is 0. The van der Waals surface area contributed by atoms with Gasteiger partial charge in [0.2, 0.25) is 35.4 Å². The Morgan fingerprint density at radius 2 is 0.923 bits per heavy atom. The molecule has 1 saturated carbocycles. The lowest BCUT2D eigenvalue weighted by Crippen LogP contribution is -2.59. The van der Waals surface area contributed by atoms with Crippen molar-refractivity contribution in [3.8, 4) is 11.5 Å². The Bertz CT molecular complexity index is 2620. The predicted octanol–water partition coefficient (Wildman–Crippen LogP) is 5.41. The van der Waals surface area contributed by atoms with Crippen LogP contribution < -0.4 is 52.0 Å². The molecule has 4 heterocycles. The van der Waals surface area contributed by atoms with Gasteiger partial charge in [0.15, 0.2) is 0 Å². The molecule has 428 valence electrons. The van der Waals surface area contributed by atoms with E-state index in [0.29, 0.717) is 95.1 Å². The number of carbonyl (C=O) groups excluding carboxylic acids is 6. The molecule has 22 nitrogen and oxygen atoms in total. The van der Waals surface area contributed by atoms with Crippen molar-refractivity contribution in [3.05, 3.63) is 36.9 Å². The molecule has 2 aromatic carbocycles. The SMILES string of the molecule is CN[C@@H](C)C(=O)N[C@H](C(=O)N1CCC[C@H]1C(=O)Nc1cc2c(NC3CCC(Nc4ncnc5cc(OC)c(NC(=O)[C@@H]6CCCN6C(=O)[C@@H](NC(=O)[C@H](C)NC)C(C)(C)C)cc45)CC3)ncnc2cc1OC)C(C)(C)C.Cl.Cl. The first-order chi connectivity index (χ1) is 36.1. The molecule has 6 amide bonds. The Labute approximate surface area is 469 Å². The topological polar surface area (TPSA) is 275 Å². The van der Waals surface area contributed by atoms with E-state index in [4.69, 9.17) is 9.47 Å². The average molecular weight is 1120 g/mol. The second-order valence-corrected chi connectivity index (χ2v) is 22.4. The van der Waals surface area contributed by atoms with Crippen LogP contribution in [0.25, 0.3) is 21.8 Å². The highest BCUT2D eigenvalue weighted by Gasteiger charge is 2.44. The number of likely N-dealkylation sites (N-methyl/N-ethyl adjacent to an activating group) is 2. The molecule has 6 atom stereocenters. The van der Waals surface area contributed by atoms with E-state index in [2.05, 4.69) is 62.5 Å². The van der Waals surface area contributed by atoms with Crippen LogP contribution in [0.3, 0.4) is 0 Å². The highest BCUT2D eigenvalue weighted by Crippen LogP contribution is 2.37. The second kappa shape index (κ2) is 26.5. The molecule has 0 unspecified atom stereocenters. The lowest BCUT2D eigenvalue weighted by molar-refractivity contribution is -0.143. The van der Waals surface area contributed by atoms with Crippen LogP contribution in [0.15, 0.2) is 36.9 Å². The van der Waals surface area contributed by atoms with E-state index < -0.39 is 47.1 Å². The van der Waals surface area contributed by atoms with Gasteiger partial charge in [0.05, 0.1) is 48.7 Å². The summed E-state index contributed by atoms with van der Waals surface area (Å²) in [6.07, 6.45) is 8.35. The van der Waals surface area contributed by atoms with Crippen LogP contribution in [0.4, 0.5) is 23.0 Å². The number of aromatic nitrogens is 4. The Balaban J connectivity index is 0.00000560. The third-order valence-corrected chi connectivity index (χ3v) is 15.0. The molecule has 8 N–H and O–H groups in total. The molecule has 24 heteroatoms. The molecule has 0 bridgehead atoms. The molecule has 3 fully saturated rings. The average Bonchev–Trinajstić information content (AvgIpc) is 4.17. The van der Waals surface area contributed by atoms with E-state index in [1.54, 1.807) is 62.0 Å². The van der Waals surface area contributed by atoms with Crippen LogP contribution in [0, 0.1) is 10.8 Å². The van der Waals surface area contributed by atoms with Gasteiger partial charge in [0.1, 0.15) is 60.0 Å². The van der Waals surface area contributed by atoms with Crippen molar-refractivity contribution >= 4 is 105 Å². The molecular weight excluding hydrogens is 1040 g/mol. The van der Waals surface area contributed by atoms with E-state index in [1.165, 1.54) is 26.9 Å².